The van der Waals surface area contributed by atoms with Crippen LogP contribution in [0.15, 0.2) is 79.5 Å². The standard InChI is InChI=1S/C26H21N5/c27-13-1-3-19-7-10-22(11-8-19)31-18-30-25-17-29-24-12-9-20(15-23(24)26(25)31)5-6-21-4-2-14-28-16-21/h2,4,7-12,14-18H,1,3,13,27H2. The molecule has 5 heteroatoms. The van der Waals surface area contributed by atoms with Crippen molar-refractivity contribution >= 4 is 21.9 Å². The van der Waals surface area contributed by atoms with Crippen LogP contribution in [0.25, 0.3) is 27.6 Å². The van der Waals surface area contributed by atoms with Crippen LogP contribution in [0.3, 0.4) is 0 Å². The summed E-state index contributed by atoms with van der Waals surface area (Å²) in [6.07, 6.45) is 9.18. The van der Waals surface area contributed by atoms with E-state index >= 15 is 0 Å². The molecule has 2 N–H and O–H groups in total. The highest BCUT2D eigenvalue weighted by atomic mass is 15.1. The zero-order valence-electron chi connectivity index (χ0n) is 17.0. The van der Waals surface area contributed by atoms with Crippen molar-refractivity contribution in [2.75, 3.05) is 6.54 Å². The lowest BCUT2D eigenvalue weighted by molar-refractivity contribution is 0.832. The van der Waals surface area contributed by atoms with Gasteiger partial charge in [-0.3, -0.25) is 14.5 Å². The molecule has 0 fully saturated rings. The predicted molar refractivity (Wildman–Crippen MR) is 124 cm³/mol. The largest absolute Gasteiger partial charge is 0.330 e. The summed E-state index contributed by atoms with van der Waals surface area (Å²) in [5, 5.41) is 1.03. The zero-order chi connectivity index (χ0) is 21.0. The van der Waals surface area contributed by atoms with Crippen molar-refractivity contribution in [3.8, 4) is 17.5 Å². The van der Waals surface area contributed by atoms with E-state index in [0.29, 0.717) is 6.54 Å². The number of hydrogen-bond acceptors (Lipinski definition) is 4. The molecule has 3 aromatic heterocycles. The van der Waals surface area contributed by atoms with E-state index in [1.807, 2.05) is 36.8 Å². The molecule has 0 unspecified atom stereocenters. The van der Waals surface area contributed by atoms with Crippen molar-refractivity contribution < 1.29 is 0 Å². The highest BCUT2D eigenvalue weighted by molar-refractivity contribution is 6.03. The number of fused-ring (bicyclic) bond motifs is 3. The molecule has 0 saturated heterocycles. The van der Waals surface area contributed by atoms with Gasteiger partial charge in [0.15, 0.2) is 0 Å². The summed E-state index contributed by atoms with van der Waals surface area (Å²) < 4.78 is 2.12. The Morgan fingerprint density at radius 1 is 0.871 bits per heavy atom. The van der Waals surface area contributed by atoms with Crippen molar-refractivity contribution in [3.05, 3.63) is 96.2 Å². The molecule has 0 bridgehead atoms. The minimum Gasteiger partial charge on any atom is -0.330 e. The van der Waals surface area contributed by atoms with Crippen molar-refractivity contribution in [1.29, 1.82) is 0 Å². The number of nitrogens with two attached hydrogens (primary N) is 1. The second-order valence-corrected chi connectivity index (χ2v) is 7.39. The lowest BCUT2D eigenvalue weighted by Gasteiger charge is -2.08. The van der Waals surface area contributed by atoms with E-state index in [9.17, 15) is 0 Å². The van der Waals surface area contributed by atoms with Crippen LogP contribution in [0, 0.1) is 11.8 Å². The monoisotopic (exact) mass is 403 g/mol. The molecule has 150 valence electrons. The van der Waals surface area contributed by atoms with Crippen LogP contribution in [-0.4, -0.2) is 26.1 Å². The molecule has 0 aliphatic carbocycles. The van der Waals surface area contributed by atoms with Gasteiger partial charge in [0.2, 0.25) is 0 Å². The number of benzene rings is 2. The van der Waals surface area contributed by atoms with Crippen LogP contribution in [0.1, 0.15) is 23.1 Å². The molecular weight excluding hydrogens is 382 g/mol. The van der Waals surface area contributed by atoms with E-state index in [0.717, 1.165) is 51.6 Å². The highest BCUT2D eigenvalue weighted by Crippen LogP contribution is 2.26. The molecule has 0 amide bonds. The molecule has 31 heavy (non-hydrogen) atoms. The number of hydrogen-bond donors (Lipinski definition) is 1. The van der Waals surface area contributed by atoms with Gasteiger partial charge >= 0.3 is 0 Å². The number of imidazole rings is 1. The Hall–Kier alpha value is -4.01. The average molecular weight is 403 g/mol. The maximum absolute atomic E-state index is 5.63. The van der Waals surface area contributed by atoms with E-state index in [4.69, 9.17) is 5.73 Å². The van der Waals surface area contributed by atoms with Gasteiger partial charge < -0.3 is 5.73 Å². The first-order valence-corrected chi connectivity index (χ1v) is 10.3. The number of aromatic nitrogens is 4. The SMILES string of the molecule is NCCCc1ccc(-n2cnc3cnc4ccc(C#Cc5cccnc5)cc4c32)cc1. The molecule has 5 nitrogen and oxygen atoms in total. The normalized spacial score (nSPS) is 10.9. The van der Waals surface area contributed by atoms with Crippen LogP contribution in [0.4, 0.5) is 0 Å². The van der Waals surface area contributed by atoms with Gasteiger partial charge in [-0.05, 0) is 67.4 Å². The average Bonchev–Trinajstić information content (AvgIpc) is 3.27. The molecule has 0 saturated carbocycles. The van der Waals surface area contributed by atoms with E-state index in [1.165, 1.54) is 5.56 Å². The Morgan fingerprint density at radius 2 is 1.74 bits per heavy atom. The summed E-state index contributed by atoms with van der Waals surface area (Å²) >= 11 is 0. The molecule has 0 atom stereocenters. The highest BCUT2D eigenvalue weighted by Gasteiger charge is 2.10. The molecule has 5 aromatic rings. The second kappa shape index (κ2) is 8.39. The fraction of sp³-hybridized carbons (Fsp3) is 0.115. The van der Waals surface area contributed by atoms with Crippen LogP contribution < -0.4 is 5.73 Å². The molecule has 3 heterocycles. The van der Waals surface area contributed by atoms with Gasteiger partial charge in [-0.25, -0.2) is 4.98 Å². The topological polar surface area (TPSA) is 69.6 Å². The lowest BCUT2D eigenvalue weighted by atomic mass is 10.1. The van der Waals surface area contributed by atoms with Crippen LogP contribution >= 0.6 is 0 Å². The van der Waals surface area contributed by atoms with E-state index in [-0.39, 0.29) is 0 Å². The summed E-state index contributed by atoms with van der Waals surface area (Å²) in [4.78, 5) is 13.3. The summed E-state index contributed by atoms with van der Waals surface area (Å²) in [7, 11) is 0. The quantitative estimate of drug-likeness (QED) is 0.455. The van der Waals surface area contributed by atoms with E-state index < -0.39 is 0 Å². The van der Waals surface area contributed by atoms with Gasteiger partial charge in [0.1, 0.15) is 11.8 Å². The molecule has 0 spiro atoms. The minimum atomic E-state index is 0.707. The second-order valence-electron chi connectivity index (χ2n) is 7.39. The Bertz CT molecular complexity index is 1410. The lowest BCUT2D eigenvalue weighted by Crippen LogP contribution is -2.00. The summed E-state index contributed by atoms with van der Waals surface area (Å²) in [5.74, 6) is 6.41. The van der Waals surface area contributed by atoms with Gasteiger partial charge in [0, 0.05) is 34.6 Å². The third-order valence-corrected chi connectivity index (χ3v) is 5.27. The van der Waals surface area contributed by atoms with Crippen LogP contribution in [0.2, 0.25) is 0 Å². The van der Waals surface area contributed by atoms with Gasteiger partial charge in [0.25, 0.3) is 0 Å². The Morgan fingerprint density at radius 3 is 2.55 bits per heavy atom. The number of aryl methyl sites for hydroxylation is 1. The van der Waals surface area contributed by atoms with Gasteiger partial charge in [-0.15, -0.1) is 0 Å². The Kier molecular flexibility index (Phi) is 5.14. The van der Waals surface area contributed by atoms with Crippen molar-refractivity contribution in [2.45, 2.75) is 12.8 Å². The molecule has 0 radical (unpaired) electrons. The summed E-state index contributed by atoms with van der Waals surface area (Å²) in [5.41, 5.74) is 12.6. The predicted octanol–water partition coefficient (Wildman–Crippen LogP) is 4.26. The minimum absolute atomic E-state index is 0.707. The Labute approximate surface area is 180 Å². The fourth-order valence-electron chi connectivity index (χ4n) is 3.68. The number of pyridine rings is 2. The molecule has 5 rings (SSSR count). The molecule has 0 aliphatic heterocycles. The fourth-order valence-corrected chi connectivity index (χ4v) is 3.68. The van der Waals surface area contributed by atoms with Gasteiger partial charge in [0.05, 0.1) is 17.2 Å². The van der Waals surface area contributed by atoms with Crippen molar-refractivity contribution in [3.63, 3.8) is 0 Å². The maximum Gasteiger partial charge on any atom is 0.108 e. The smallest absolute Gasteiger partial charge is 0.108 e. The number of rotatable bonds is 4. The van der Waals surface area contributed by atoms with Crippen LogP contribution in [-0.2, 0) is 6.42 Å². The Balaban J connectivity index is 1.59. The molecular formula is C26H21N5. The van der Waals surface area contributed by atoms with Crippen molar-refractivity contribution in [2.24, 2.45) is 5.73 Å². The summed E-state index contributed by atoms with van der Waals surface area (Å²) in [6.45, 7) is 0.707. The van der Waals surface area contributed by atoms with Gasteiger partial charge in [-0.1, -0.05) is 24.0 Å². The van der Waals surface area contributed by atoms with Crippen LogP contribution in [0.5, 0.6) is 0 Å². The molecule has 2 aromatic carbocycles. The first-order valence-electron chi connectivity index (χ1n) is 10.3. The summed E-state index contributed by atoms with van der Waals surface area (Å²) in [6, 6.07) is 18.5. The molecule has 0 aliphatic rings. The first-order chi connectivity index (χ1) is 15.3. The zero-order valence-corrected chi connectivity index (χ0v) is 17.0. The van der Waals surface area contributed by atoms with E-state index in [2.05, 4.69) is 61.7 Å². The first kappa shape index (κ1) is 19.0. The van der Waals surface area contributed by atoms with Crippen molar-refractivity contribution in [1.82, 2.24) is 19.5 Å². The number of nitrogens with zero attached hydrogens (tertiary/aromatic N) is 4. The third-order valence-electron chi connectivity index (χ3n) is 5.27. The van der Waals surface area contributed by atoms with Gasteiger partial charge in [-0.2, -0.15) is 0 Å². The maximum atomic E-state index is 5.63. The third kappa shape index (κ3) is 3.89. The van der Waals surface area contributed by atoms with E-state index in [1.54, 1.807) is 12.4 Å².